The molecule has 1 aliphatic rings. The number of aliphatic hydroxyl groups is 1. The molecule has 1 amide bonds. The van der Waals surface area contributed by atoms with Crippen LogP contribution in [0, 0.1) is 13.8 Å². The molecule has 0 radical (unpaired) electrons. The molecule has 0 bridgehead atoms. The lowest BCUT2D eigenvalue weighted by molar-refractivity contribution is -0.274. The Balaban J connectivity index is 1.87. The minimum atomic E-state index is -4.87. The Kier molecular flexibility index (Phi) is 6.49. The number of aryl methyl sites for hydroxylation is 2. The molecule has 0 saturated carbocycles. The van der Waals surface area contributed by atoms with Crippen LogP contribution in [0.25, 0.3) is 5.76 Å². The molecule has 1 unspecified atom stereocenters. The predicted molar refractivity (Wildman–Crippen MR) is 127 cm³/mol. The van der Waals surface area contributed by atoms with Crippen molar-refractivity contribution in [1.82, 2.24) is 0 Å². The highest BCUT2D eigenvalue weighted by Crippen LogP contribution is 2.43. The van der Waals surface area contributed by atoms with Crippen molar-refractivity contribution in [2.24, 2.45) is 0 Å². The lowest BCUT2D eigenvalue weighted by Gasteiger charge is -2.26. The van der Waals surface area contributed by atoms with E-state index in [1.807, 2.05) is 13.0 Å². The summed E-state index contributed by atoms with van der Waals surface area (Å²) >= 11 is 0. The molecule has 0 aliphatic carbocycles. The minimum Gasteiger partial charge on any atom is -0.507 e. The van der Waals surface area contributed by atoms with Crippen molar-refractivity contribution in [1.29, 1.82) is 0 Å². The Morgan fingerprint density at radius 2 is 1.67 bits per heavy atom. The number of alkyl halides is 3. The molecule has 9 heteroatoms. The standard InChI is InChI=1S/C27H22F3NO5/c1-15-5-4-6-17(13-15)23-22(24(32)18-7-12-21(35-3)16(2)14-18)25(33)26(34)31(23)19-8-10-20(11-9-19)36-27(28,29)30/h4-14,23,32H,1-3H3/b24-22-. The summed E-state index contributed by atoms with van der Waals surface area (Å²) in [5.41, 5.74) is 2.47. The molecule has 1 atom stereocenters. The number of ketones is 1. The number of carbonyl (C=O) groups is 2. The van der Waals surface area contributed by atoms with Crippen molar-refractivity contribution in [2.45, 2.75) is 26.3 Å². The van der Waals surface area contributed by atoms with Gasteiger partial charge in [0.25, 0.3) is 11.7 Å². The summed E-state index contributed by atoms with van der Waals surface area (Å²) in [6.07, 6.45) is -4.87. The first-order chi connectivity index (χ1) is 17.0. The topological polar surface area (TPSA) is 76.1 Å². The number of ether oxygens (including phenoxy) is 2. The zero-order valence-electron chi connectivity index (χ0n) is 19.6. The summed E-state index contributed by atoms with van der Waals surface area (Å²) < 4.78 is 46.9. The molecule has 3 aromatic rings. The van der Waals surface area contributed by atoms with Gasteiger partial charge in [0.1, 0.15) is 17.3 Å². The van der Waals surface area contributed by atoms with Gasteiger partial charge in [-0.1, -0.05) is 29.8 Å². The number of carbonyl (C=O) groups excluding carboxylic acids is 2. The highest BCUT2D eigenvalue weighted by Gasteiger charge is 2.47. The molecule has 1 heterocycles. The number of Topliss-reactive ketones (excluding diaryl/α,β-unsaturated/α-hetero) is 1. The van der Waals surface area contributed by atoms with E-state index in [-0.39, 0.29) is 17.0 Å². The molecule has 3 aromatic carbocycles. The van der Waals surface area contributed by atoms with E-state index >= 15 is 0 Å². The Morgan fingerprint density at radius 1 is 0.972 bits per heavy atom. The van der Waals surface area contributed by atoms with Gasteiger partial charge in [-0.25, -0.2) is 0 Å². The Labute approximate surface area is 205 Å². The van der Waals surface area contributed by atoms with E-state index in [1.54, 1.807) is 43.3 Å². The monoisotopic (exact) mass is 497 g/mol. The number of methoxy groups -OCH3 is 1. The summed E-state index contributed by atoms with van der Waals surface area (Å²) in [5.74, 6) is -2.09. The quantitative estimate of drug-likeness (QED) is 0.272. The van der Waals surface area contributed by atoms with Gasteiger partial charge in [0.15, 0.2) is 0 Å². The van der Waals surface area contributed by atoms with Crippen LogP contribution in [0.4, 0.5) is 18.9 Å². The fourth-order valence-corrected chi connectivity index (χ4v) is 4.24. The van der Waals surface area contributed by atoms with Gasteiger partial charge in [-0.15, -0.1) is 13.2 Å². The summed E-state index contributed by atoms with van der Waals surface area (Å²) in [6.45, 7) is 3.61. The van der Waals surface area contributed by atoms with Crippen LogP contribution in [0.2, 0.25) is 0 Å². The van der Waals surface area contributed by atoms with Gasteiger partial charge >= 0.3 is 6.36 Å². The van der Waals surface area contributed by atoms with Gasteiger partial charge in [-0.2, -0.15) is 0 Å². The maximum atomic E-state index is 13.2. The number of nitrogens with zero attached hydrogens (tertiary/aromatic N) is 1. The molecular formula is C27H22F3NO5. The van der Waals surface area contributed by atoms with Gasteiger partial charge in [-0.3, -0.25) is 14.5 Å². The molecule has 1 saturated heterocycles. The van der Waals surface area contributed by atoms with Gasteiger partial charge < -0.3 is 14.6 Å². The molecular weight excluding hydrogens is 475 g/mol. The third-order valence-electron chi connectivity index (χ3n) is 5.82. The van der Waals surface area contributed by atoms with Crippen molar-refractivity contribution < 1.29 is 37.3 Å². The van der Waals surface area contributed by atoms with Crippen LogP contribution in [-0.4, -0.2) is 30.3 Å². The van der Waals surface area contributed by atoms with Gasteiger partial charge in [0, 0.05) is 11.3 Å². The molecule has 1 aliphatic heterocycles. The Hall–Kier alpha value is -4.27. The molecule has 36 heavy (non-hydrogen) atoms. The first kappa shape index (κ1) is 24.8. The molecule has 1 N–H and O–H groups in total. The van der Waals surface area contributed by atoms with E-state index in [2.05, 4.69) is 4.74 Å². The fraction of sp³-hybridized carbons (Fsp3) is 0.185. The normalized spacial score (nSPS) is 17.4. The lowest BCUT2D eigenvalue weighted by atomic mass is 9.94. The van der Waals surface area contributed by atoms with E-state index < -0.39 is 29.8 Å². The van der Waals surface area contributed by atoms with Gasteiger partial charge in [0.2, 0.25) is 0 Å². The second-order valence-electron chi connectivity index (χ2n) is 8.31. The van der Waals surface area contributed by atoms with Crippen LogP contribution in [-0.2, 0) is 9.59 Å². The lowest BCUT2D eigenvalue weighted by Crippen LogP contribution is -2.29. The average molecular weight is 497 g/mol. The number of hydrogen-bond acceptors (Lipinski definition) is 5. The zero-order chi connectivity index (χ0) is 26.2. The maximum absolute atomic E-state index is 13.2. The van der Waals surface area contributed by atoms with E-state index in [1.165, 1.54) is 19.2 Å². The Morgan fingerprint density at radius 3 is 2.25 bits per heavy atom. The van der Waals surface area contributed by atoms with Crippen molar-refractivity contribution in [3.63, 3.8) is 0 Å². The van der Waals surface area contributed by atoms with E-state index in [0.717, 1.165) is 22.6 Å². The average Bonchev–Trinajstić information content (AvgIpc) is 3.08. The third-order valence-corrected chi connectivity index (χ3v) is 5.82. The number of halogens is 3. The molecule has 4 rings (SSSR count). The number of benzene rings is 3. The van der Waals surface area contributed by atoms with Crippen molar-refractivity contribution in [2.75, 3.05) is 12.0 Å². The zero-order valence-corrected chi connectivity index (χ0v) is 19.6. The van der Waals surface area contributed by atoms with Crippen LogP contribution in [0.1, 0.15) is 28.3 Å². The predicted octanol–water partition coefficient (Wildman–Crippen LogP) is 5.84. The van der Waals surface area contributed by atoms with E-state index in [4.69, 9.17) is 4.74 Å². The summed E-state index contributed by atoms with van der Waals surface area (Å²) in [6, 6.07) is 15.5. The first-order valence-electron chi connectivity index (χ1n) is 10.9. The van der Waals surface area contributed by atoms with Crippen LogP contribution in [0.15, 0.2) is 72.3 Å². The van der Waals surface area contributed by atoms with Crippen LogP contribution < -0.4 is 14.4 Å². The fourth-order valence-electron chi connectivity index (χ4n) is 4.24. The Bertz CT molecular complexity index is 1360. The first-order valence-corrected chi connectivity index (χ1v) is 10.9. The maximum Gasteiger partial charge on any atom is 0.573 e. The van der Waals surface area contributed by atoms with Gasteiger partial charge in [0.05, 0.1) is 18.7 Å². The van der Waals surface area contributed by atoms with E-state index in [0.29, 0.717) is 22.4 Å². The number of hydrogen-bond donors (Lipinski definition) is 1. The van der Waals surface area contributed by atoms with E-state index in [9.17, 15) is 27.9 Å². The van der Waals surface area contributed by atoms with Crippen molar-refractivity contribution in [3.8, 4) is 11.5 Å². The third kappa shape index (κ3) is 4.77. The summed E-state index contributed by atoms with van der Waals surface area (Å²) in [4.78, 5) is 27.6. The second kappa shape index (κ2) is 9.41. The number of amides is 1. The van der Waals surface area contributed by atoms with Crippen molar-refractivity contribution >= 4 is 23.1 Å². The van der Waals surface area contributed by atoms with Crippen molar-refractivity contribution in [3.05, 3.63) is 94.6 Å². The van der Waals surface area contributed by atoms with Crippen LogP contribution >= 0.6 is 0 Å². The highest BCUT2D eigenvalue weighted by atomic mass is 19.4. The molecule has 0 aromatic heterocycles. The minimum absolute atomic E-state index is 0.134. The van der Waals surface area contributed by atoms with Crippen LogP contribution in [0.5, 0.6) is 11.5 Å². The number of aliphatic hydroxyl groups excluding tert-OH is 1. The molecule has 186 valence electrons. The number of anilines is 1. The molecule has 6 nitrogen and oxygen atoms in total. The number of rotatable bonds is 5. The highest BCUT2D eigenvalue weighted by molar-refractivity contribution is 6.51. The second-order valence-corrected chi connectivity index (χ2v) is 8.31. The van der Waals surface area contributed by atoms with Gasteiger partial charge in [-0.05, 0) is 67.4 Å². The smallest absolute Gasteiger partial charge is 0.507 e. The van der Waals surface area contributed by atoms with Crippen LogP contribution in [0.3, 0.4) is 0 Å². The molecule has 0 spiro atoms. The SMILES string of the molecule is COc1ccc(/C(O)=C2/C(=O)C(=O)N(c3ccc(OC(F)(F)F)cc3)C2c2cccc(C)c2)cc1C. The largest absolute Gasteiger partial charge is 0.573 e. The molecule has 1 fully saturated rings. The summed E-state index contributed by atoms with van der Waals surface area (Å²) in [5, 5.41) is 11.2. The summed E-state index contributed by atoms with van der Waals surface area (Å²) in [7, 11) is 1.51.